The second-order valence-corrected chi connectivity index (χ2v) is 4.37. The first-order valence-corrected chi connectivity index (χ1v) is 6.01. The molecule has 0 unspecified atom stereocenters. The van der Waals surface area contributed by atoms with Crippen LogP contribution in [0, 0.1) is 0 Å². The minimum atomic E-state index is 0.582. The van der Waals surface area contributed by atoms with E-state index in [0.717, 1.165) is 29.7 Å². The van der Waals surface area contributed by atoms with E-state index in [2.05, 4.69) is 16.0 Å². The van der Waals surface area contributed by atoms with Crippen LogP contribution >= 0.6 is 11.6 Å². The molecule has 1 aliphatic rings. The highest BCUT2D eigenvalue weighted by Gasteiger charge is 2.13. The van der Waals surface area contributed by atoms with Gasteiger partial charge in [0.05, 0.1) is 5.69 Å². The molecule has 3 rings (SSSR count). The van der Waals surface area contributed by atoms with Crippen LogP contribution in [0.25, 0.3) is 17.5 Å². The van der Waals surface area contributed by atoms with E-state index < -0.39 is 0 Å². The molecule has 0 N–H and O–H groups in total. The van der Waals surface area contributed by atoms with Gasteiger partial charge < -0.3 is 0 Å². The summed E-state index contributed by atoms with van der Waals surface area (Å²) < 4.78 is 0. The van der Waals surface area contributed by atoms with E-state index in [1.807, 2.05) is 36.4 Å². The molecule has 1 aliphatic carbocycles. The summed E-state index contributed by atoms with van der Waals surface area (Å²) >= 11 is 6.21. The maximum atomic E-state index is 6.21. The van der Waals surface area contributed by atoms with E-state index in [0.29, 0.717) is 11.0 Å². The monoisotopic (exact) mass is 242 g/mol. The Labute approximate surface area is 105 Å². The normalized spacial score (nSPS) is 13.5. The molecule has 0 saturated carbocycles. The number of allylic oxidation sites excluding steroid dienone is 1. The Balaban J connectivity index is 2.15. The molecule has 0 fully saturated rings. The average Bonchev–Trinajstić information content (AvgIpc) is 2.40. The molecule has 1 aromatic carbocycles. The van der Waals surface area contributed by atoms with E-state index in [1.54, 1.807) is 0 Å². The van der Waals surface area contributed by atoms with E-state index in [9.17, 15) is 0 Å². The minimum absolute atomic E-state index is 0.582. The van der Waals surface area contributed by atoms with Crippen LogP contribution in [0.3, 0.4) is 0 Å². The molecule has 0 radical (unpaired) electrons. The van der Waals surface area contributed by atoms with Gasteiger partial charge in [0.25, 0.3) is 0 Å². The van der Waals surface area contributed by atoms with E-state index in [1.165, 1.54) is 0 Å². The predicted octanol–water partition coefficient (Wildman–Crippen LogP) is 3.76. The molecular weight excluding hydrogens is 232 g/mol. The minimum Gasteiger partial charge on any atom is -0.228 e. The lowest BCUT2D eigenvalue weighted by molar-refractivity contribution is 0.943. The summed E-state index contributed by atoms with van der Waals surface area (Å²) in [7, 11) is 0. The van der Waals surface area contributed by atoms with Gasteiger partial charge in [-0.15, -0.1) is 0 Å². The summed E-state index contributed by atoms with van der Waals surface area (Å²) in [5.74, 6) is 0.695. The van der Waals surface area contributed by atoms with E-state index in [-0.39, 0.29) is 0 Å². The third kappa shape index (κ3) is 1.96. The number of rotatable bonds is 1. The van der Waals surface area contributed by atoms with Crippen LogP contribution in [0.4, 0.5) is 0 Å². The molecule has 0 aliphatic heterocycles. The van der Waals surface area contributed by atoms with Crippen molar-refractivity contribution in [2.24, 2.45) is 0 Å². The van der Waals surface area contributed by atoms with Crippen molar-refractivity contribution >= 4 is 17.7 Å². The Morgan fingerprint density at radius 2 is 1.88 bits per heavy atom. The number of benzene rings is 1. The van der Waals surface area contributed by atoms with Gasteiger partial charge >= 0.3 is 0 Å². The third-order valence-electron chi connectivity index (χ3n) is 2.86. The first kappa shape index (κ1) is 10.5. The van der Waals surface area contributed by atoms with Crippen LogP contribution in [0.1, 0.15) is 17.7 Å². The van der Waals surface area contributed by atoms with Crippen molar-refractivity contribution in [3.8, 4) is 11.4 Å². The second-order valence-electron chi connectivity index (χ2n) is 4.01. The summed E-state index contributed by atoms with van der Waals surface area (Å²) in [5.41, 5.74) is 3.01. The first-order chi connectivity index (χ1) is 8.34. The van der Waals surface area contributed by atoms with Crippen LogP contribution in [-0.2, 0) is 6.42 Å². The largest absolute Gasteiger partial charge is 0.228 e. The van der Waals surface area contributed by atoms with Crippen molar-refractivity contribution in [3.63, 3.8) is 0 Å². The van der Waals surface area contributed by atoms with Gasteiger partial charge in [-0.3, -0.25) is 0 Å². The molecular formula is C14H11ClN2. The maximum absolute atomic E-state index is 6.21. The first-order valence-electron chi connectivity index (χ1n) is 5.63. The zero-order valence-corrected chi connectivity index (χ0v) is 9.98. The van der Waals surface area contributed by atoms with Crippen molar-refractivity contribution in [3.05, 3.63) is 52.8 Å². The number of aromatic nitrogens is 2. The topological polar surface area (TPSA) is 25.8 Å². The Bertz CT molecular complexity index is 576. The Morgan fingerprint density at radius 1 is 1.06 bits per heavy atom. The van der Waals surface area contributed by atoms with Crippen molar-refractivity contribution < 1.29 is 0 Å². The molecule has 2 aromatic rings. The summed E-state index contributed by atoms with van der Waals surface area (Å²) in [6.45, 7) is 0. The molecule has 1 aromatic heterocycles. The number of hydrogen-bond donors (Lipinski definition) is 0. The van der Waals surface area contributed by atoms with Gasteiger partial charge in [0.15, 0.2) is 5.82 Å². The standard InChI is InChI=1S/C14H11ClN2/c15-13-11-8-4-5-9-12(11)16-14(17-13)10-6-2-1-3-7-10/h1-3,5-7,9H,4,8H2. The lowest BCUT2D eigenvalue weighted by atomic mass is 10.0. The highest BCUT2D eigenvalue weighted by Crippen LogP contribution is 2.26. The Hall–Kier alpha value is -1.67. The average molecular weight is 243 g/mol. The maximum Gasteiger partial charge on any atom is 0.161 e. The molecule has 84 valence electrons. The van der Waals surface area contributed by atoms with Gasteiger partial charge in [0.1, 0.15) is 5.15 Å². The summed E-state index contributed by atoms with van der Waals surface area (Å²) in [4.78, 5) is 8.94. The third-order valence-corrected chi connectivity index (χ3v) is 3.17. The fraction of sp³-hybridized carbons (Fsp3) is 0.143. The molecule has 0 atom stereocenters. The molecule has 0 amide bonds. The van der Waals surface area contributed by atoms with Gasteiger partial charge in [-0.2, -0.15) is 0 Å². The quantitative estimate of drug-likeness (QED) is 0.712. The number of hydrogen-bond acceptors (Lipinski definition) is 2. The molecule has 17 heavy (non-hydrogen) atoms. The number of halogens is 1. The van der Waals surface area contributed by atoms with E-state index >= 15 is 0 Å². The van der Waals surface area contributed by atoms with Gasteiger partial charge in [0, 0.05) is 11.1 Å². The fourth-order valence-electron chi connectivity index (χ4n) is 1.98. The van der Waals surface area contributed by atoms with Crippen molar-refractivity contribution in [1.82, 2.24) is 9.97 Å². The summed E-state index contributed by atoms with van der Waals surface area (Å²) in [6.07, 6.45) is 6.10. The number of nitrogens with zero attached hydrogens (tertiary/aromatic N) is 2. The lowest BCUT2D eigenvalue weighted by Gasteiger charge is -2.12. The molecule has 3 heteroatoms. The smallest absolute Gasteiger partial charge is 0.161 e. The molecule has 0 spiro atoms. The second kappa shape index (κ2) is 4.30. The van der Waals surface area contributed by atoms with Crippen LogP contribution in [0.15, 0.2) is 36.4 Å². The van der Waals surface area contributed by atoms with Gasteiger partial charge in [-0.25, -0.2) is 9.97 Å². The zero-order valence-electron chi connectivity index (χ0n) is 9.23. The van der Waals surface area contributed by atoms with Crippen LogP contribution in [0.2, 0.25) is 5.15 Å². The van der Waals surface area contributed by atoms with E-state index in [4.69, 9.17) is 11.6 Å². The van der Waals surface area contributed by atoms with Gasteiger partial charge in [-0.05, 0) is 18.9 Å². The van der Waals surface area contributed by atoms with Crippen molar-refractivity contribution in [2.45, 2.75) is 12.8 Å². The van der Waals surface area contributed by atoms with Crippen molar-refractivity contribution in [2.75, 3.05) is 0 Å². The zero-order chi connectivity index (χ0) is 11.7. The predicted molar refractivity (Wildman–Crippen MR) is 69.8 cm³/mol. The lowest BCUT2D eigenvalue weighted by Crippen LogP contribution is -2.02. The SMILES string of the molecule is Clc1nc(-c2ccccc2)nc2c1CCC=C2. The van der Waals surface area contributed by atoms with Crippen molar-refractivity contribution in [1.29, 1.82) is 0 Å². The number of fused-ring (bicyclic) bond motifs is 1. The van der Waals surface area contributed by atoms with Crippen LogP contribution in [-0.4, -0.2) is 9.97 Å². The highest BCUT2D eigenvalue weighted by atomic mass is 35.5. The molecule has 2 nitrogen and oxygen atoms in total. The molecule has 0 saturated heterocycles. The summed E-state index contributed by atoms with van der Waals surface area (Å²) in [6, 6.07) is 9.91. The van der Waals surface area contributed by atoms with Crippen LogP contribution < -0.4 is 0 Å². The Kier molecular flexibility index (Phi) is 2.65. The highest BCUT2D eigenvalue weighted by molar-refractivity contribution is 6.30. The van der Waals surface area contributed by atoms with Gasteiger partial charge in [0.2, 0.25) is 0 Å². The van der Waals surface area contributed by atoms with Crippen LogP contribution in [0.5, 0.6) is 0 Å². The fourth-order valence-corrected chi connectivity index (χ4v) is 2.25. The summed E-state index contributed by atoms with van der Waals surface area (Å²) in [5, 5.41) is 0.582. The molecule has 0 bridgehead atoms. The Morgan fingerprint density at radius 3 is 2.71 bits per heavy atom. The van der Waals surface area contributed by atoms with Gasteiger partial charge in [-0.1, -0.05) is 48.0 Å². The molecule has 1 heterocycles.